The molecule has 0 atom stereocenters. The Morgan fingerprint density at radius 1 is 1.53 bits per heavy atom. The van der Waals surface area contributed by atoms with E-state index in [9.17, 15) is 9.90 Å². The second-order valence-electron chi connectivity index (χ2n) is 3.25. The lowest BCUT2D eigenvalue weighted by molar-refractivity contribution is 0.0947. The van der Waals surface area contributed by atoms with Gasteiger partial charge in [0.15, 0.2) is 11.6 Å². The van der Waals surface area contributed by atoms with E-state index in [-0.39, 0.29) is 23.5 Å². The van der Waals surface area contributed by atoms with Gasteiger partial charge in [0.1, 0.15) is 0 Å². The van der Waals surface area contributed by atoms with Gasteiger partial charge in [0.05, 0.1) is 17.8 Å². The predicted octanol–water partition coefficient (Wildman–Crippen LogP) is -0.583. The van der Waals surface area contributed by atoms with Crippen molar-refractivity contribution < 1.29 is 9.90 Å². The van der Waals surface area contributed by atoms with Crippen LogP contribution in [0, 0.1) is 0 Å². The number of amides is 1. The molecule has 2 rings (SSSR count). The molecule has 0 spiro atoms. The minimum Gasteiger partial charge on any atom is -0.505 e. The molecule has 1 aromatic heterocycles. The van der Waals surface area contributed by atoms with Gasteiger partial charge in [-0.1, -0.05) is 11.3 Å². The zero-order valence-electron chi connectivity index (χ0n) is 8.71. The number of benzene rings is 1. The molecule has 5 N–H and O–H groups in total. The Bertz CT molecular complexity index is 524. The first-order chi connectivity index (χ1) is 8.18. The number of anilines is 1. The predicted molar refractivity (Wildman–Crippen MR) is 57.9 cm³/mol. The Morgan fingerprint density at radius 2 is 2.35 bits per heavy atom. The maximum atomic E-state index is 11.7. The number of H-pyrrole nitrogens is 1. The molecule has 1 aromatic carbocycles. The number of para-hydroxylation sites is 1. The third kappa shape index (κ3) is 2.30. The van der Waals surface area contributed by atoms with E-state index in [4.69, 9.17) is 5.73 Å². The maximum absolute atomic E-state index is 11.7. The zero-order valence-corrected chi connectivity index (χ0v) is 8.71. The molecule has 0 saturated carbocycles. The molecule has 8 nitrogen and oxygen atoms in total. The molecule has 2 aromatic rings. The van der Waals surface area contributed by atoms with E-state index >= 15 is 0 Å². The van der Waals surface area contributed by atoms with Gasteiger partial charge < -0.3 is 16.2 Å². The normalized spacial score (nSPS) is 10.1. The monoisotopic (exact) mass is 234 g/mol. The van der Waals surface area contributed by atoms with Crippen molar-refractivity contribution in [2.45, 2.75) is 6.54 Å². The number of nitrogens with two attached hydrogens (primary N) is 1. The average molecular weight is 234 g/mol. The molecule has 1 amide bonds. The summed E-state index contributed by atoms with van der Waals surface area (Å²) in [5.41, 5.74) is 5.73. The molecule has 0 saturated heterocycles. The summed E-state index contributed by atoms with van der Waals surface area (Å²) < 4.78 is 0. The first-order valence-corrected chi connectivity index (χ1v) is 4.76. The molecule has 8 heteroatoms. The minimum absolute atomic E-state index is 0.105. The van der Waals surface area contributed by atoms with Gasteiger partial charge in [-0.25, -0.2) is 0 Å². The lowest BCUT2D eigenvalue weighted by Gasteiger charge is -2.06. The van der Waals surface area contributed by atoms with E-state index in [1.54, 1.807) is 6.07 Å². The number of tetrazole rings is 1. The number of aromatic nitrogens is 4. The fourth-order valence-corrected chi connectivity index (χ4v) is 1.26. The van der Waals surface area contributed by atoms with Gasteiger partial charge in [-0.05, 0) is 12.1 Å². The van der Waals surface area contributed by atoms with Crippen molar-refractivity contribution in [3.05, 3.63) is 29.6 Å². The first kappa shape index (κ1) is 10.9. The molecule has 88 valence electrons. The van der Waals surface area contributed by atoms with Crippen molar-refractivity contribution in [1.29, 1.82) is 0 Å². The minimum atomic E-state index is -0.459. The number of hydrogen-bond donors (Lipinski definition) is 4. The van der Waals surface area contributed by atoms with Crippen molar-refractivity contribution in [3.8, 4) is 5.75 Å². The Kier molecular flexibility index (Phi) is 2.86. The van der Waals surface area contributed by atoms with Crippen LogP contribution in [0.5, 0.6) is 5.75 Å². The number of aromatic amines is 1. The lowest BCUT2D eigenvalue weighted by Crippen LogP contribution is -2.23. The quantitative estimate of drug-likeness (QED) is 0.415. The average Bonchev–Trinajstić information content (AvgIpc) is 2.82. The lowest BCUT2D eigenvalue weighted by atomic mass is 10.1. The van der Waals surface area contributed by atoms with Crippen LogP contribution >= 0.6 is 0 Å². The summed E-state index contributed by atoms with van der Waals surface area (Å²) >= 11 is 0. The second kappa shape index (κ2) is 4.47. The number of rotatable bonds is 3. The highest BCUT2D eigenvalue weighted by Crippen LogP contribution is 2.23. The smallest absolute Gasteiger partial charge is 0.255 e. The largest absolute Gasteiger partial charge is 0.505 e. The van der Waals surface area contributed by atoms with Gasteiger partial charge in [-0.15, -0.1) is 10.2 Å². The van der Waals surface area contributed by atoms with Crippen molar-refractivity contribution in [2.24, 2.45) is 0 Å². The summed E-state index contributed by atoms with van der Waals surface area (Å²) in [5.74, 6) is -0.348. The Hall–Kier alpha value is -2.64. The van der Waals surface area contributed by atoms with E-state index < -0.39 is 5.91 Å². The van der Waals surface area contributed by atoms with Gasteiger partial charge in [0, 0.05) is 0 Å². The van der Waals surface area contributed by atoms with Gasteiger partial charge >= 0.3 is 0 Å². The number of carbonyl (C=O) groups is 1. The number of nitrogens with one attached hydrogen (secondary N) is 2. The van der Waals surface area contributed by atoms with Crippen molar-refractivity contribution in [1.82, 2.24) is 25.9 Å². The molecule has 1 heterocycles. The summed E-state index contributed by atoms with van der Waals surface area (Å²) in [4.78, 5) is 11.7. The van der Waals surface area contributed by atoms with Gasteiger partial charge in [0.25, 0.3) is 5.91 Å². The molecule has 17 heavy (non-hydrogen) atoms. The van der Waals surface area contributed by atoms with Crippen molar-refractivity contribution in [2.75, 3.05) is 5.73 Å². The summed E-state index contributed by atoms with van der Waals surface area (Å²) in [7, 11) is 0. The molecular formula is C9H10N6O2. The van der Waals surface area contributed by atoms with Gasteiger partial charge in [-0.3, -0.25) is 4.79 Å². The van der Waals surface area contributed by atoms with Crippen molar-refractivity contribution in [3.63, 3.8) is 0 Å². The van der Waals surface area contributed by atoms with Crippen LogP contribution < -0.4 is 11.1 Å². The molecular weight excluding hydrogens is 224 g/mol. The van der Waals surface area contributed by atoms with E-state index in [0.29, 0.717) is 5.82 Å². The molecule has 0 aliphatic carbocycles. The highest BCUT2D eigenvalue weighted by Gasteiger charge is 2.13. The fourth-order valence-electron chi connectivity index (χ4n) is 1.26. The summed E-state index contributed by atoms with van der Waals surface area (Å²) in [5, 5.41) is 25.1. The van der Waals surface area contributed by atoms with Crippen molar-refractivity contribution >= 4 is 11.6 Å². The van der Waals surface area contributed by atoms with Crippen LogP contribution in [0.4, 0.5) is 5.69 Å². The molecule has 0 aliphatic heterocycles. The third-order valence-electron chi connectivity index (χ3n) is 2.11. The first-order valence-electron chi connectivity index (χ1n) is 4.76. The molecule has 0 fully saturated rings. The molecule has 0 radical (unpaired) electrons. The highest BCUT2D eigenvalue weighted by atomic mass is 16.3. The number of carbonyl (C=O) groups excluding carboxylic acids is 1. The number of hydrogen-bond acceptors (Lipinski definition) is 6. The standard InChI is InChI=1S/C9H10N6O2/c10-6-3-1-2-5(8(6)16)9(17)11-4-7-12-14-15-13-7/h1-3,16H,4,10H2,(H,11,17)(H,12,13,14,15). The van der Waals surface area contributed by atoms with Crippen LogP contribution in [0.2, 0.25) is 0 Å². The Labute approximate surface area is 95.8 Å². The highest BCUT2D eigenvalue weighted by molar-refractivity contribution is 5.98. The number of nitrogen functional groups attached to an aromatic ring is 1. The van der Waals surface area contributed by atoms with Crippen LogP contribution in [0.25, 0.3) is 0 Å². The number of nitrogens with zero attached hydrogens (tertiary/aromatic N) is 3. The summed E-state index contributed by atoms with van der Waals surface area (Å²) in [6.45, 7) is 0.115. The molecule has 0 bridgehead atoms. The van der Waals surface area contributed by atoms with Gasteiger partial charge in [-0.2, -0.15) is 5.21 Å². The maximum Gasteiger partial charge on any atom is 0.255 e. The van der Waals surface area contributed by atoms with Gasteiger partial charge in [0.2, 0.25) is 0 Å². The van der Waals surface area contributed by atoms with Crippen LogP contribution in [0.15, 0.2) is 18.2 Å². The van der Waals surface area contributed by atoms with Crippen LogP contribution in [-0.4, -0.2) is 31.6 Å². The van der Waals surface area contributed by atoms with E-state index in [2.05, 4.69) is 25.9 Å². The second-order valence-corrected chi connectivity index (χ2v) is 3.25. The number of phenols is 1. The number of phenolic OH excluding ortho intramolecular Hbond substituents is 1. The molecule has 0 unspecified atom stereocenters. The fraction of sp³-hybridized carbons (Fsp3) is 0.111. The Balaban J connectivity index is 2.07. The number of aromatic hydroxyl groups is 1. The SMILES string of the molecule is Nc1cccc(C(=O)NCc2nn[nH]n2)c1O. The topological polar surface area (TPSA) is 130 Å². The van der Waals surface area contributed by atoms with Crippen LogP contribution in [0.1, 0.15) is 16.2 Å². The Morgan fingerprint density at radius 3 is 3.06 bits per heavy atom. The third-order valence-corrected chi connectivity index (χ3v) is 2.11. The van der Waals surface area contributed by atoms with Crippen LogP contribution in [-0.2, 0) is 6.54 Å². The van der Waals surface area contributed by atoms with E-state index in [1.165, 1.54) is 12.1 Å². The van der Waals surface area contributed by atoms with E-state index in [0.717, 1.165) is 0 Å². The van der Waals surface area contributed by atoms with E-state index in [1.807, 2.05) is 0 Å². The van der Waals surface area contributed by atoms with Crippen LogP contribution in [0.3, 0.4) is 0 Å². The summed E-state index contributed by atoms with van der Waals surface area (Å²) in [6, 6.07) is 4.56. The molecule has 0 aliphatic rings. The zero-order chi connectivity index (χ0) is 12.3. The summed E-state index contributed by atoms with van der Waals surface area (Å²) in [6.07, 6.45) is 0.